The molecule has 4 aliphatic heterocycles. The summed E-state index contributed by atoms with van der Waals surface area (Å²) in [6, 6.07) is 0. The van der Waals surface area contributed by atoms with E-state index in [1.165, 1.54) is 47.1 Å². The van der Waals surface area contributed by atoms with E-state index in [4.69, 9.17) is 28.5 Å². The van der Waals surface area contributed by atoms with Crippen LogP contribution < -0.4 is 10.1 Å². The number of morpholine rings is 1. The van der Waals surface area contributed by atoms with Crippen molar-refractivity contribution in [3.63, 3.8) is 0 Å². The standard InChI is InChI=1S/C43H57N3O13/c1-22-11-10-12-23(2)42(53)44-29-21-30(48)32-33(38(29)52)37(51)27(6)40-34(32)41(45-57-20-16-46-14-18-55-19-15-46)43(8,59-40)56-17-13-31(54-9)24(3)39(58-28(7)47)26(5)36(50)25(4)35(22)49/h10-13,17,21-22,24-26,31,35-36,39,49-51H,14-16,18-20H2,1-9H3,(H,44,53)/b11-10+,17-13+,23-12-,45-41-/t22-,24+,25+,26+,31-,35-,36+,39+,43-/m0/s1. The van der Waals surface area contributed by atoms with Crippen LogP contribution >= 0.6 is 0 Å². The molecule has 1 saturated heterocycles. The van der Waals surface area contributed by atoms with Crippen LogP contribution in [-0.4, -0.2) is 126 Å². The highest BCUT2D eigenvalue weighted by Crippen LogP contribution is 2.48. The Hall–Kier alpha value is -4.87. The Morgan fingerprint density at radius 1 is 1.00 bits per heavy atom. The zero-order valence-electron chi connectivity index (χ0n) is 35.1. The first-order chi connectivity index (χ1) is 27.9. The van der Waals surface area contributed by atoms with Crippen LogP contribution in [0.25, 0.3) is 0 Å². The molecular weight excluding hydrogens is 766 g/mol. The summed E-state index contributed by atoms with van der Waals surface area (Å²) in [4.78, 5) is 61.8. The van der Waals surface area contributed by atoms with E-state index in [0.29, 0.717) is 32.8 Å². The Morgan fingerprint density at radius 3 is 2.36 bits per heavy atom. The number of amides is 1. The largest absolute Gasteiger partial charge is 0.507 e. The molecule has 0 unspecified atom stereocenters. The zero-order chi connectivity index (χ0) is 43.3. The minimum atomic E-state index is -1.79. The molecule has 0 radical (unpaired) electrons. The maximum Gasteiger partial charge on any atom is 0.302 e. The molecule has 1 aliphatic carbocycles. The van der Waals surface area contributed by atoms with E-state index < -0.39 is 83.1 Å². The summed E-state index contributed by atoms with van der Waals surface area (Å²) in [5.74, 6) is -7.47. The number of aromatic hydroxyl groups is 1. The Bertz CT molecular complexity index is 1950. The number of carbonyl (C=O) groups is 4. The van der Waals surface area contributed by atoms with E-state index in [1.54, 1.807) is 45.9 Å². The normalized spacial score (nSPS) is 33.5. The number of nitrogens with one attached hydrogen (secondary N) is 1. The predicted molar refractivity (Wildman–Crippen MR) is 215 cm³/mol. The number of esters is 1. The van der Waals surface area contributed by atoms with Gasteiger partial charge in [0, 0.05) is 81.5 Å². The van der Waals surface area contributed by atoms with Gasteiger partial charge in [-0.2, -0.15) is 0 Å². The molecule has 6 rings (SSSR count). The second-order valence-electron chi connectivity index (χ2n) is 15.8. The number of ether oxygens (including phenoxy) is 5. The Balaban J connectivity index is 1.62. The van der Waals surface area contributed by atoms with Crippen LogP contribution in [0.2, 0.25) is 0 Å². The molecule has 1 aromatic carbocycles. The molecule has 4 heterocycles. The van der Waals surface area contributed by atoms with E-state index in [-0.39, 0.29) is 51.6 Å². The Kier molecular flexibility index (Phi) is 14.6. The maximum atomic E-state index is 14.1. The van der Waals surface area contributed by atoms with Crippen LogP contribution in [0.3, 0.4) is 0 Å². The number of fused-ring (bicyclic) bond motifs is 14. The van der Waals surface area contributed by atoms with E-state index in [1.807, 2.05) is 0 Å². The van der Waals surface area contributed by atoms with Crippen molar-refractivity contribution in [3.05, 3.63) is 70.2 Å². The minimum Gasteiger partial charge on any atom is -0.507 e. The topological polar surface area (TPSA) is 212 Å². The molecule has 5 aliphatic rings. The highest BCUT2D eigenvalue weighted by atomic mass is 16.7. The van der Waals surface area contributed by atoms with Crippen molar-refractivity contribution in [1.82, 2.24) is 10.2 Å². The molecule has 1 aromatic rings. The first-order valence-electron chi connectivity index (χ1n) is 19.9. The number of hydrogen-bond donors (Lipinski definition) is 4. The van der Waals surface area contributed by atoms with Gasteiger partial charge in [-0.15, -0.1) is 0 Å². The molecule has 16 nitrogen and oxygen atoms in total. The van der Waals surface area contributed by atoms with Crippen LogP contribution in [0, 0.1) is 30.6 Å². The molecule has 1 amide bonds. The molecule has 322 valence electrons. The SMILES string of the molecule is CO[C@H]1/C=C/O[C@@]2(C)Oc3c(C)c(O)c4c(c3/C2=N/OCCN2CCOCC2)C(=O)C=C(NC(=O)/C(C)=C\C=C\[C@H](C)[C@H](O)[C@@H](C)[C@@H](O)[C@@H](C)[C@H](OC(C)=O)[C@@H]1C)C4=O. The van der Waals surface area contributed by atoms with Gasteiger partial charge >= 0.3 is 5.97 Å². The third kappa shape index (κ3) is 9.62. The smallest absolute Gasteiger partial charge is 0.302 e. The lowest BCUT2D eigenvalue weighted by Crippen LogP contribution is -2.46. The van der Waals surface area contributed by atoms with E-state index in [2.05, 4.69) is 15.4 Å². The van der Waals surface area contributed by atoms with Crippen LogP contribution in [0.1, 0.15) is 80.3 Å². The van der Waals surface area contributed by atoms with Gasteiger partial charge in [0.1, 0.15) is 24.2 Å². The first kappa shape index (κ1) is 45.2. The second kappa shape index (κ2) is 19.0. The van der Waals surface area contributed by atoms with Crippen molar-refractivity contribution in [2.45, 2.75) is 85.6 Å². The number of hydrogen-bond acceptors (Lipinski definition) is 15. The number of phenols is 1. The number of nitrogens with zero attached hydrogens (tertiary/aromatic N) is 2. The second-order valence-corrected chi connectivity index (χ2v) is 15.8. The number of allylic oxidation sites excluding steroid dienone is 4. The van der Waals surface area contributed by atoms with Crippen molar-refractivity contribution in [2.75, 3.05) is 46.6 Å². The quantitative estimate of drug-likeness (QED) is 0.184. The fourth-order valence-electron chi connectivity index (χ4n) is 7.87. The molecule has 9 atom stereocenters. The third-order valence-electron chi connectivity index (χ3n) is 11.6. The number of benzene rings is 1. The number of aliphatic hydroxyl groups excluding tert-OH is 2. The van der Waals surface area contributed by atoms with Crippen molar-refractivity contribution in [1.29, 1.82) is 0 Å². The summed E-state index contributed by atoms with van der Waals surface area (Å²) in [6.07, 6.45) is 4.78. The predicted octanol–water partition coefficient (Wildman–Crippen LogP) is 3.50. The van der Waals surface area contributed by atoms with Gasteiger partial charge in [-0.25, -0.2) is 0 Å². The summed E-state index contributed by atoms with van der Waals surface area (Å²) in [5, 5.41) is 41.3. The van der Waals surface area contributed by atoms with Gasteiger partial charge in [-0.3, -0.25) is 24.1 Å². The summed E-state index contributed by atoms with van der Waals surface area (Å²) < 4.78 is 29.7. The van der Waals surface area contributed by atoms with Crippen molar-refractivity contribution in [3.8, 4) is 11.5 Å². The van der Waals surface area contributed by atoms with Gasteiger partial charge in [-0.1, -0.05) is 51.1 Å². The lowest BCUT2D eigenvalue weighted by molar-refractivity contribution is -0.160. The molecule has 16 heteroatoms. The number of phenolic OH excluding ortho intramolecular Hbond substituents is 1. The van der Waals surface area contributed by atoms with Gasteiger partial charge in [0.25, 0.3) is 11.7 Å². The van der Waals surface area contributed by atoms with Crippen LogP contribution in [0.5, 0.6) is 11.5 Å². The number of oxime groups is 1. The molecule has 5 bridgehead atoms. The lowest BCUT2D eigenvalue weighted by Gasteiger charge is -2.38. The monoisotopic (exact) mass is 823 g/mol. The average Bonchev–Trinajstić information content (AvgIpc) is 3.50. The summed E-state index contributed by atoms with van der Waals surface area (Å²) in [7, 11) is 1.47. The molecule has 0 aromatic heterocycles. The molecule has 0 spiro atoms. The Morgan fingerprint density at radius 2 is 1.69 bits per heavy atom. The number of carbonyl (C=O) groups excluding carboxylic acids is 4. The van der Waals surface area contributed by atoms with Crippen LogP contribution in [0.15, 0.2) is 53.1 Å². The highest BCUT2D eigenvalue weighted by Gasteiger charge is 2.51. The lowest BCUT2D eigenvalue weighted by atomic mass is 9.78. The molecule has 0 saturated carbocycles. The van der Waals surface area contributed by atoms with Crippen molar-refractivity contribution >= 4 is 29.2 Å². The minimum absolute atomic E-state index is 0.00106. The first-order valence-corrected chi connectivity index (χ1v) is 19.9. The number of methoxy groups -OCH3 is 1. The van der Waals surface area contributed by atoms with E-state index >= 15 is 0 Å². The number of rotatable bonds is 6. The Labute approximate surface area is 344 Å². The summed E-state index contributed by atoms with van der Waals surface area (Å²) >= 11 is 0. The van der Waals surface area contributed by atoms with Gasteiger partial charge < -0.3 is 49.2 Å². The molecular formula is C43H57N3O13. The van der Waals surface area contributed by atoms with Crippen LogP contribution in [-0.2, 0) is 33.4 Å². The zero-order valence-corrected chi connectivity index (χ0v) is 35.1. The van der Waals surface area contributed by atoms with E-state index in [9.17, 15) is 34.5 Å². The number of Topliss-reactive ketones (excluding diaryl/α,β-unsaturated/α-hetero) is 1. The van der Waals surface area contributed by atoms with Gasteiger partial charge in [0.15, 0.2) is 11.5 Å². The van der Waals surface area contributed by atoms with Gasteiger partial charge in [-0.05, 0) is 19.9 Å². The average molecular weight is 824 g/mol. The van der Waals surface area contributed by atoms with Crippen molar-refractivity contribution < 1.29 is 63.0 Å². The third-order valence-corrected chi connectivity index (χ3v) is 11.6. The van der Waals surface area contributed by atoms with Crippen LogP contribution in [0.4, 0.5) is 0 Å². The summed E-state index contributed by atoms with van der Waals surface area (Å²) in [6.45, 7) is 16.1. The fraction of sp³-hybridized carbons (Fsp3) is 0.558. The molecule has 59 heavy (non-hydrogen) atoms. The number of aliphatic hydroxyl groups is 2. The highest BCUT2D eigenvalue weighted by molar-refractivity contribution is 6.31. The molecule has 1 fully saturated rings. The van der Waals surface area contributed by atoms with Crippen molar-refractivity contribution in [2.24, 2.45) is 28.8 Å². The maximum absolute atomic E-state index is 14.1. The van der Waals surface area contributed by atoms with E-state index in [0.717, 1.165) is 6.08 Å². The fourth-order valence-corrected chi connectivity index (χ4v) is 7.87. The van der Waals surface area contributed by atoms with Gasteiger partial charge in [0.2, 0.25) is 5.78 Å². The van der Waals surface area contributed by atoms with Gasteiger partial charge in [0.05, 0.1) is 60.2 Å². The summed E-state index contributed by atoms with van der Waals surface area (Å²) in [5.41, 5.74) is -0.535. The number of ketones is 2. The molecule has 4 N–H and O–H groups in total.